The molecule has 2 rings (SSSR count). The van der Waals surface area contributed by atoms with Gasteiger partial charge in [0, 0.05) is 24.7 Å². The first-order chi connectivity index (χ1) is 8.02. The molecule has 0 aliphatic carbocycles. The number of methoxy groups -OCH3 is 1. The Balaban J connectivity index is 2.56. The maximum atomic E-state index is 9.91. The van der Waals surface area contributed by atoms with Crippen molar-refractivity contribution in [2.45, 2.75) is 0 Å². The number of hydrogen-bond donors (Lipinski definition) is 2. The second kappa shape index (κ2) is 4.29. The Morgan fingerprint density at radius 2 is 2.12 bits per heavy atom. The molecule has 0 saturated carbocycles. The van der Waals surface area contributed by atoms with Crippen molar-refractivity contribution >= 4 is 21.7 Å². The lowest BCUT2D eigenvalue weighted by atomic mass is 10.1. The minimum absolute atomic E-state index is 0.100. The van der Waals surface area contributed by atoms with Crippen molar-refractivity contribution in [3.8, 4) is 22.8 Å². The van der Waals surface area contributed by atoms with Gasteiger partial charge in [-0.25, -0.2) is 0 Å². The van der Waals surface area contributed by atoms with Crippen molar-refractivity contribution in [1.82, 2.24) is 9.78 Å². The largest absolute Gasteiger partial charge is 0.507 e. The highest BCUT2D eigenvalue weighted by Gasteiger charge is 2.13. The molecule has 0 atom stereocenters. The molecular weight excluding hydrogens is 286 g/mol. The lowest BCUT2D eigenvalue weighted by Gasteiger charge is -2.07. The predicted molar refractivity (Wildman–Crippen MR) is 69.0 cm³/mol. The molecular formula is C11H12BrN3O2. The number of aromatic hydroxyl groups is 1. The molecule has 1 aromatic heterocycles. The van der Waals surface area contributed by atoms with Crippen LogP contribution in [0.3, 0.4) is 0 Å². The van der Waals surface area contributed by atoms with Crippen molar-refractivity contribution in [3.05, 3.63) is 22.7 Å². The van der Waals surface area contributed by atoms with Gasteiger partial charge in [-0.3, -0.25) is 4.68 Å². The molecule has 0 bridgehead atoms. The molecule has 90 valence electrons. The smallest absolute Gasteiger partial charge is 0.136 e. The Bertz CT molecular complexity index is 547. The van der Waals surface area contributed by atoms with Crippen LogP contribution >= 0.6 is 15.9 Å². The third-order valence-electron chi connectivity index (χ3n) is 2.46. The molecule has 0 aliphatic heterocycles. The van der Waals surface area contributed by atoms with Gasteiger partial charge in [0.1, 0.15) is 17.3 Å². The monoisotopic (exact) mass is 297 g/mol. The van der Waals surface area contributed by atoms with Crippen LogP contribution in [0.4, 0.5) is 5.82 Å². The van der Waals surface area contributed by atoms with Gasteiger partial charge in [0.05, 0.1) is 17.3 Å². The van der Waals surface area contributed by atoms with Gasteiger partial charge in [-0.15, -0.1) is 0 Å². The third kappa shape index (κ3) is 2.08. The van der Waals surface area contributed by atoms with Gasteiger partial charge < -0.3 is 15.6 Å². The molecule has 0 fully saturated rings. The van der Waals surface area contributed by atoms with Gasteiger partial charge in [0.2, 0.25) is 0 Å². The van der Waals surface area contributed by atoms with E-state index in [1.165, 1.54) is 13.2 Å². The zero-order valence-corrected chi connectivity index (χ0v) is 11.0. The fourth-order valence-electron chi connectivity index (χ4n) is 1.52. The maximum absolute atomic E-state index is 9.91. The Morgan fingerprint density at radius 1 is 1.41 bits per heavy atom. The van der Waals surface area contributed by atoms with Crippen molar-refractivity contribution in [2.24, 2.45) is 7.05 Å². The SMILES string of the molecule is COc1cc(O)c(-c2cc(N)n(C)n2)cc1Br. The van der Waals surface area contributed by atoms with E-state index in [2.05, 4.69) is 21.0 Å². The second-order valence-corrected chi connectivity index (χ2v) is 4.44. The van der Waals surface area contributed by atoms with E-state index in [1.807, 2.05) is 0 Å². The number of phenols is 1. The number of aryl methyl sites for hydroxylation is 1. The minimum Gasteiger partial charge on any atom is -0.507 e. The molecule has 1 aromatic carbocycles. The number of anilines is 1. The molecule has 1 heterocycles. The molecule has 0 aliphatic rings. The minimum atomic E-state index is 0.100. The molecule has 0 unspecified atom stereocenters. The topological polar surface area (TPSA) is 73.3 Å². The summed E-state index contributed by atoms with van der Waals surface area (Å²) in [5.74, 6) is 1.20. The molecule has 5 nitrogen and oxygen atoms in total. The summed E-state index contributed by atoms with van der Waals surface area (Å²) in [6.07, 6.45) is 0. The van der Waals surface area contributed by atoms with Crippen molar-refractivity contribution in [2.75, 3.05) is 12.8 Å². The molecule has 0 amide bonds. The van der Waals surface area contributed by atoms with Crippen LogP contribution in [0, 0.1) is 0 Å². The second-order valence-electron chi connectivity index (χ2n) is 3.58. The van der Waals surface area contributed by atoms with E-state index < -0.39 is 0 Å². The quantitative estimate of drug-likeness (QED) is 0.891. The summed E-state index contributed by atoms with van der Waals surface area (Å²) < 4.78 is 7.38. The third-order valence-corrected chi connectivity index (χ3v) is 3.08. The molecule has 2 aromatic rings. The van der Waals surface area contributed by atoms with E-state index in [0.717, 1.165) is 4.47 Å². The number of nitrogen functional groups attached to an aromatic ring is 1. The maximum Gasteiger partial charge on any atom is 0.136 e. The van der Waals surface area contributed by atoms with Crippen molar-refractivity contribution in [3.63, 3.8) is 0 Å². The summed E-state index contributed by atoms with van der Waals surface area (Å²) in [6, 6.07) is 4.98. The van der Waals surface area contributed by atoms with Crippen LogP contribution in [0.15, 0.2) is 22.7 Å². The van der Waals surface area contributed by atoms with Gasteiger partial charge in [0.15, 0.2) is 0 Å². The molecule has 0 radical (unpaired) electrons. The van der Waals surface area contributed by atoms with Gasteiger partial charge in [-0.2, -0.15) is 5.10 Å². The van der Waals surface area contributed by atoms with Crippen LogP contribution in [0.1, 0.15) is 0 Å². The molecule has 3 N–H and O–H groups in total. The zero-order chi connectivity index (χ0) is 12.6. The van der Waals surface area contributed by atoms with Crippen LogP contribution in [0.2, 0.25) is 0 Å². The number of aromatic nitrogens is 2. The summed E-state index contributed by atoms with van der Waals surface area (Å²) in [6.45, 7) is 0. The Morgan fingerprint density at radius 3 is 2.65 bits per heavy atom. The molecule has 6 heteroatoms. The molecule has 17 heavy (non-hydrogen) atoms. The van der Waals surface area contributed by atoms with Crippen molar-refractivity contribution in [1.29, 1.82) is 0 Å². The summed E-state index contributed by atoms with van der Waals surface area (Å²) in [4.78, 5) is 0. The molecule has 0 spiro atoms. The number of halogens is 1. The van der Waals surface area contributed by atoms with Crippen LogP contribution in [0.5, 0.6) is 11.5 Å². The average molecular weight is 298 g/mol. The van der Waals surface area contributed by atoms with E-state index in [0.29, 0.717) is 22.8 Å². The normalized spacial score (nSPS) is 10.5. The van der Waals surface area contributed by atoms with E-state index in [-0.39, 0.29) is 5.75 Å². The van der Waals surface area contributed by atoms with Gasteiger partial charge in [0.25, 0.3) is 0 Å². The standard InChI is InChI=1S/C11H12BrN3O2/c1-15-11(13)4-8(14-15)6-3-7(12)10(17-2)5-9(6)16/h3-5,16H,13H2,1-2H3. The average Bonchev–Trinajstić information content (AvgIpc) is 2.61. The van der Waals surface area contributed by atoms with Gasteiger partial charge in [-0.05, 0) is 22.0 Å². The number of phenolic OH excluding ortho intramolecular Hbond substituents is 1. The van der Waals surface area contributed by atoms with Crippen LogP contribution < -0.4 is 10.5 Å². The van der Waals surface area contributed by atoms with E-state index in [1.54, 1.807) is 23.9 Å². The Labute approximate surface area is 107 Å². The highest BCUT2D eigenvalue weighted by Crippen LogP contribution is 2.37. The first kappa shape index (κ1) is 11.8. The van der Waals surface area contributed by atoms with Gasteiger partial charge >= 0.3 is 0 Å². The highest BCUT2D eigenvalue weighted by atomic mass is 79.9. The number of benzene rings is 1. The lowest BCUT2D eigenvalue weighted by molar-refractivity contribution is 0.405. The summed E-state index contributed by atoms with van der Waals surface area (Å²) in [7, 11) is 3.28. The number of rotatable bonds is 2. The Hall–Kier alpha value is -1.69. The van der Waals surface area contributed by atoms with E-state index in [9.17, 15) is 5.11 Å². The number of nitrogens with zero attached hydrogens (tertiary/aromatic N) is 2. The van der Waals surface area contributed by atoms with Crippen LogP contribution in [0.25, 0.3) is 11.3 Å². The summed E-state index contributed by atoms with van der Waals surface area (Å²) in [5.41, 5.74) is 6.92. The number of ether oxygens (including phenoxy) is 1. The Kier molecular flexibility index (Phi) is 2.97. The first-order valence-electron chi connectivity index (χ1n) is 4.89. The van der Waals surface area contributed by atoms with Crippen LogP contribution in [-0.2, 0) is 7.05 Å². The fraction of sp³-hybridized carbons (Fsp3) is 0.182. The highest BCUT2D eigenvalue weighted by molar-refractivity contribution is 9.10. The lowest BCUT2D eigenvalue weighted by Crippen LogP contribution is -1.96. The molecule has 0 saturated heterocycles. The van der Waals surface area contributed by atoms with Gasteiger partial charge in [-0.1, -0.05) is 0 Å². The predicted octanol–water partition coefficient (Wildman–Crippen LogP) is 2.15. The summed E-state index contributed by atoms with van der Waals surface area (Å²) >= 11 is 3.36. The van der Waals surface area contributed by atoms with E-state index in [4.69, 9.17) is 10.5 Å². The van der Waals surface area contributed by atoms with Crippen molar-refractivity contribution < 1.29 is 9.84 Å². The zero-order valence-electron chi connectivity index (χ0n) is 9.44. The van der Waals surface area contributed by atoms with Crippen LogP contribution in [-0.4, -0.2) is 22.0 Å². The number of nitrogens with two attached hydrogens (primary N) is 1. The number of hydrogen-bond acceptors (Lipinski definition) is 4. The summed E-state index contributed by atoms with van der Waals surface area (Å²) in [5, 5.41) is 14.1. The first-order valence-corrected chi connectivity index (χ1v) is 5.68. The fourth-order valence-corrected chi connectivity index (χ4v) is 2.02. The van der Waals surface area contributed by atoms with E-state index >= 15 is 0 Å².